The number of ketones is 4. The second-order valence-corrected chi connectivity index (χ2v) is 35.5. The highest BCUT2D eigenvalue weighted by Gasteiger charge is 2.44. The highest BCUT2D eigenvalue weighted by molar-refractivity contribution is 6.42. The third-order valence-electron chi connectivity index (χ3n) is 23.0. The number of carbonyl (C=O) groups is 18. The Hall–Kier alpha value is -12.2. The second-order valence-electron chi connectivity index (χ2n) is 35.5. The molecule has 38 nitrogen and oxygen atoms in total. The number of H-pyrrole nitrogens is 1. The fraction of sp³-hybridized carbons (Fsp3) is 0.570. The summed E-state index contributed by atoms with van der Waals surface area (Å²) in [5.41, 5.74) is 14.4. The number of primary amides is 2. The van der Waals surface area contributed by atoms with E-state index in [0.29, 0.717) is 66.1 Å². The number of aliphatic hydroxyl groups excluding tert-OH is 1. The number of hydrogen-bond acceptors (Lipinski definition) is 23. The van der Waals surface area contributed by atoms with Crippen LogP contribution in [0.4, 0.5) is 0 Å². The van der Waals surface area contributed by atoms with E-state index in [1.54, 1.807) is 88.5 Å². The van der Waals surface area contributed by atoms with E-state index in [1.165, 1.54) is 79.7 Å². The number of carboxylic acids is 1. The molecule has 17 atom stereocenters. The van der Waals surface area contributed by atoms with E-state index in [1.807, 2.05) is 26.0 Å². The molecule has 0 saturated carbocycles. The van der Waals surface area contributed by atoms with Gasteiger partial charge in [-0.25, -0.2) is 10.9 Å². The molecule has 1 aliphatic heterocycles. The van der Waals surface area contributed by atoms with Crippen LogP contribution in [0.1, 0.15) is 216 Å². The lowest BCUT2D eigenvalue weighted by atomic mass is 9.89. The number of nitrogens with one attached hydrogen (secondary N) is 15. The van der Waals surface area contributed by atoms with Crippen LogP contribution in [0.25, 0.3) is 10.9 Å². The summed E-state index contributed by atoms with van der Waals surface area (Å²) in [6.45, 7) is 20.8. The first-order valence-corrected chi connectivity index (χ1v) is 44.9. The number of amides is 13. The number of aromatic nitrogens is 1. The van der Waals surface area contributed by atoms with E-state index in [-0.39, 0.29) is 75.5 Å². The van der Waals surface area contributed by atoms with E-state index in [2.05, 4.69) is 79.6 Å². The zero-order valence-corrected chi connectivity index (χ0v) is 77.5. The van der Waals surface area contributed by atoms with Crippen molar-refractivity contribution in [2.45, 2.75) is 309 Å². The van der Waals surface area contributed by atoms with Crippen molar-refractivity contribution in [3.8, 4) is 5.75 Å². The molecule has 1 aromatic heterocycles. The summed E-state index contributed by atoms with van der Waals surface area (Å²) in [7, 11) is 0. The van der Waals surface area contributed by atoms with Crippen LogP contribution in [0.2, 0.25) is 0 Å². The topological polar surface area (TPSA) is 604 Å². The second kappa shape index (κ2) is 53.2. The van der Waals surface area contributed by atoms with Crippen LogP contribution in [-0.4, -0.2) is 222 Å². The summed E-state index contributed by atoms with van der Waals surface area (Å²) in [6, 6.07) is 2.87. The van der Waals surface area contributed by atoms with E-state index >= 15 is 28.8 Å². The number of fused-ring (bicyclic) bond motifs is 1. The lowest BCUT2D eigenvalue weighted by Gasteiger charge is -2.34. The van der Waals surface area contributed by atoms with Crippen LogP contribution in [0, 0.1) is 23.7 Å². The third-order valence-corrected chi connectivity index (χ3v) is 23.0. The average molecular weight is 1830 g/mol. The molecule has 0 spiro atoms. The SMILES string of the molecule is CC[C@H](C)[C@H](NN[C@H](C)C(N)=O)C(=O)C(=O)C(C)NC(=O)[C@H](C)NC(=O)[C@]1(C)CCC/C=C/CCCCCC[C@@](C)(NC(=O)[C@H](Cc2ccccc2)NC(=O)[C@@H](NC(=O)[C@H](CC(C)C)NC(C)=O)[C@@H](C)O)C(=O)N[C@@H](CCC(=O)O)C(=O)NC(Cc2ccc(O)cc2)C(=O)N[C@@H](Cc2c[nH]c3ccccc23)C(=O)NC(C)C(=O)C(=O)[C@H](CCC(N)=O)NC[C@@H](CC(C)C)C(=O)N1. The van der Waals surface area contributed by atoms with Gasteiger partial charge in [-0.1, -0.05) is 140 Å². The summed E-state index contributed by atoms with van der Waals surface area (Å²) in [5.74, 6) is -19.6. The Balaban J connectivity index is 1.64. The molecule has 0 fully saturated rings. The Morgan fingerprint density at radius 3 is 1.78 bits per heavy atom. The molecule has 22 N–H and O–H groups in total. The minimum absolute atomic E-state index is 0.0701. The Labute approximate surface area is 764 Å². The molecule has 0 bridgehead atoms. The molecule has 720 valence electrons. The summed E-state index contributed by atoms with van der Waals surface area (Å²) in [5, 5.41) is 64.4. The van der Waals surface area contributed by atoms with Gasteiger partial charge in [-0.05, 0) is 165 Å². The Kier molecular flexibility index (Phi) is 44.4. The number of aromatic hydroxyl groups is 1. The van der Waals surface area contributed by atoms with E-state index in [4.69, 9.17) is 11.5 Å². The minimum atomic E-state index is -2.07. The number of phenolic OH excluding ortho intramolecular Hbond substituents is 1. The number of Topliss-reactive ketones (excluding diaryl/α,β-unsaturated/α-hetero) is 4. The Bertz CT molecular complexity index is 4650. The molecule has 38 heteroatoms. The van der Waals surface area contributed by atoms with Crippen molar-refractivity contribution in [1.82, 2.24) is 79.6 Å². The molecule has 3 aromatic carbocycles. The number of nitrogens with two attached hydrogens (primary N) is 2. The number of aromatic amines is 1. The molecular formula is C93H137N17O21. The highest BCUT2D eigenvalue weighted by atomic mass is 16.4. The van der Waals surface area contributed by atoms with Crippen LogP contribution in [0.15, 0.2) is 97.2 Å². The molecular weight excluding hydrogens is 1690 g/mol. The van der Waals surface area contributed by atoms with Gasteiger partial charge in [0.15, 0.2) is 0 Å². The highest BCUT2D eigenvalue weighted by Crippen LogP contribution is 2.25. The van der Waals surface area contributed by atoms with Gasteiger partial charge in [-0.15, -0.1) is 0 Å². The lowest BCUT2D eigenvalue weighted by molar-refractivity contribution is -0.141. The van der Waals surface area contributed by atoms with Gasteiger partial charge in [0.25, 0.3) is 0 Å². The fourth-order valence-electron chi connectivity index (χ4n) is 14.9. The van der Waals surface area contributed by atoms with Crippen LogP contribution < -0.4 is 86.1 Å². The number of para-hydroxylation sites is 1. The normalized spacial score (nSPS) is 22.4. The summed E-state index contributed by atoms with van der Waals surface area (Å²) in [4.78, 5) is 258. The zero-order valence-electron chi connectivity index (χ0n) is 77.5. The van der Waals surface area contributed by atoms with Gasteiger partial charge in [-0.3, -0.25) is 86.3 Å². The molecule has 0 saturated heterocycles. The number of hydrogen-bond donors (Lipinski definition) is 20. The molecule has 0 aliphatic carbocycles. The van der Waals surface area contributed by atoms with Gasteiger partial charge in [-0.2, -0.15) is 0 Å². The van der Waals surface area contributed by atoms with Crippen molar-refractivity contribution in [3.05, 3.63) is 114 Å². The number of carbonyl (C=O) groups excluding carboxylic acids is 17. The maximum absolute atomic E-state index is 15.6. The first-order valence-electron chi connectivity index (χ1n) is 44.9. The van der Waals surface area contributed by atoms with Crippen molar-refractivity contribution in [2.75, 3.05) is 6.54 Å². The first kappa shape index (κ1) is 109. The predicted molar refractivity (Wildman–Crippen MR) is 487 cm³/mol. The van der Waals surface area contributed by atoms with E-state index in [0.717, 1.165) is 0 Å². The lowest BCUT2D eigenvalue weighted by Crippen LogP contribution is -2.65. The van der Waals surface area contributed by atoms with Gasteiger partial charge in [0.1, 0.15) is 59.1 Å². The maximum atomic E-state index is 15.6. The predicted octanol–water partition coefficient (Wildman–Crippen LogP) is 2.01. The maximum Gasteiger partial charge on any atom is 0.303 e. The number of benzene rings is 3. The van der Waals surface area contributed by atoms with Crippen molar-refractivity contribution >= 4 is 117 Å². The smallest absolute Gasteiger partial charge is 0.303 e. The number of rotatable bonds is 37. The Morgan fingerprint density at radius 1 is 0.557 bits per heavy atom. The van der Waals surface area contributed by atoms with Gasteiger partial charge in [0.05, 0.1) is 42.2 Å². The number of phenols is 1. The van der Waals surface area contributed by atoms with Crippen molar-refractivity contribution < 1.29 is 102 Å². The molecule has 1 aliphatic rings. The van der Waals surface area contributed by atoms with E-state index < -0.39 is 240 Å². The molecule has 13 amide bonds. The molecule has 2 heterocycles. The molecule has 131 heavy (non-hydrogen) atoms. The van der Waals surface area contributed by atoms with Gasteiger partial charge in [0, 0.05) is 62.7 Å². The van der Waals surface area contributed by atoms with Crippen LogP contribution >= 0.6 is 0 Å². The monoisotopic (exact) mass is 1830 g/mol. The quantitative estimate of drug-likeness (QED) is 0.0174. The van der Waals surface area contributed by atoms with E-state index in [9.17, 15) is 72.9 Å². The van der Waals surface area contributed by atoms with Crippen molar-refractivity contribution in [2.24, 2.45) is 35.1 Å². The molecule has 3 unspecified atom stereocenters. The number of hydrazine groups is 1. The van der Waals surface area contributed by atoms with Crippen LogP contribution in [0.5, 0.6) is 5.75 Å². The largest absolute Gasteiger partial charge is 0.508 e. The number of allylic oxidation sites excluding steroid dienone is 2. The third kappa shape index (κ3) is 35.9. The number of aliphatic carboxylic acids is 1. The van der Waals surface area contributed by atoms with Gasteiger partial charge in [0.2, 0.25) is 99.9 Å². The van der Waals surface area contributed by atoms with Crippen molar-refractivity contribution in [1.29, 1.82) is 0 Å². The molecule has 5 rings (SSSR count). The fourth-order valence-corrected chi connectivity index (χ4v) is 14.9. The number of aliphatic hydroxyl groups is 1. The van der Waals surface area contributed by atoms with Crippen LogP contribution in [-0.2, 0) is 106 Å². The van der Waals surface area contributed by atoms with Crippen molar-refractivity contribution in [3.63, 3.8) is 0 Å². The first-order chi connectivity index (χ1) is 61.7. The number of carboxylic acid groups (broad SMARTS) is 1. The van der Waals surface area contributed by atoms with Crippen LogP contribution in [0.3, 0.4) is 0 Å². The summed E-state index contributed by atoms with van der Waals surface area (Å²) < 4.78 is 0. The Morgan fingerprint density at radius 2 is 1.17 bits per heavy atom. The standard InChI is InChI=1S/C93H137N17O21/c1-15-53(6)75(110-109-56(9)81(95)121)80(120)78(118)55(8)98-82(122)57(10)100-90(130)92(13)42-28-21-19-17-16-18-20-22-29-43-93(14,108-88(128)71(46-60-30-24-23-25-31-60)104-89(129)76(58(11)111)106-87(127)69(45-52(4)5)101-59(12)112)91(131)105-68(39-41-74(115)116)84(124)102-70(47-61-34-36-64(113)37-35-61)86(126)103-72(48-62-49-96-66-33-27-26-32-65(62)66)85(125)99-54(7)77(117)79(119)67(38-40-73(94)114)97-50-63(44-51(2)3)83(123)107-92/h17,19,23-27,30-37,49,51-58,63,67-72,75-76,96-97,109-111,113H,15-16,18,20-22,28-29,38-48,50H2,1-14H3,(H2,94,114)(H2,95,121)(H,98,122)(H,99,125)(H,100,130)(H,101,112)(H,102,124)(H,103,126)(H,104,129)(H,105,131)(H,106,127)(H,107,123)(H,108,128)(H,115,116)/b19-17+/t53-,54?,55?,56+,57-,58+,63+,67-,68-,69-,70?,71-,72-,75-,76-,92-,93+/m0/s1. The zero-order chi connectivity index (χ0) is 97.7. The minimum Gasteiger partial charge on any atom is -0.508 e. The summed E-state index contributed by atoms with van der Waals surface area (Å²) >= 11 is 0. The average Bonchev–Trinajstić information content (AvgIpc) is 1.64. The molecule has 4 aromatic rings. The van der Waals surface area contributed by atoms with Gasteiger partial charge < -0.3 is 95.6 Å². The summed E-state index contributed by atoms with van der Waals surface area (Å²) in [6.07, 6.45) is 3.59. The molecule has 0 radical (unpaired) electrons. The van der Waals surface area contributed by atoms with Gasteiger partial charge >= 0.3 is 5.97 Å².